The summed E-state index contributed by atoms with van der Waals surface area (Å²) in [5.74, 6) is 1.89. The maximum atomic E-state index is 11.7. The number of aromatic nitrogens is 1. The number of aliphatic hydroxyl groups is 1. The van der Waals surface area contributed by atoms with E-state index < -0.39 is 0 Å². The molecular formula is C26H32IrNO3Se-. The molecule has 0 amide bonds. The molecule has 0 unspecified atom stereocenters. The average Bonchev–Trinajstić information content (AvgIpc) is 3.24. The fraction of sp³-hybridized carbons (Fsp3) is 0.385. The molecule has 0 saturated carbocycles. The van der Waals surface area contributed by atoms with Crippen molar-refractivity contribution >= 4 is 29.9 Å². The second kappa shape index (κ2) is 15.2. The molecule has 2 aromatic heterocycles. The number of rotatable bonds is 9. The van der Waals surface area contributed by atoms with Crippen LogP contribution in [0.25, 0.3) is 9.65 Å². The van der Waals surface area contributed by atoms with Gasteiger partial charge in [-0.15, -0.1) is 0 Å². The molecule has 175 valence electrons. The molecule has 0 fully saturated rings. The van der Waals surface area contributed by atoms with Crippen molar-refractivity contribution in [2.24, 2.45) is 11.8 Å². The van der Waals surface area contributed by atoms with E-state index in [2.05, 4.69) is 22.1 Å². The van der Waals surface area contributed by atoms with E-state index in [4.69, 9.17) is 4.74 Å². The van der Waals surface area contributed by atoms with E-state index in [-0.39, 0.29) is 43.5 Å². The fourth-order valence-corrected chi connectivity index (χ4v) is 4.88. The van der Waals surface area contributed by atoms with Gasteiger partial charge in [-0.25, -0.2) is 0 Å². The molecule has 0 aliphatic rings. The number of hydrogen-bond donors (Lipinski definition) is 1. The first-order valence-electron chi connectivity index (χ1n) is 10.9. The van der Waals surface area contributed by atoms with Crippen molar-refractivity contribution in [3.8, 4) is 11.6 Å². The van der Waals surface area contributed by atoms with E-state index in [9.17, 15) is 9.90 Å². The zero-order valence-electron chi connectivity index (χ0n) is 19.1. The Morgan fingerprint density at radius 3 is 2.41 bits per heavy atom. The molecule has 32 heavy (non-hydrogen) atoms. The Balaban J connectivity index is 0.000000312. The van der Waals surface area contributed by atoms with E-state index >= 15 is 0 Å². The Morgan fingerprint density at radius 2 is 1.81 bits per heavy atom. The first kappa shape index (κ1) is 28.3. The van der Waals surface area contributed by atoms with Crippen molar-refractivity contribution < 1.29 is 34.7 Å². The van der Waals surface area contributed by atoms with E-state index in [1.165, 1.54) is 15.7 Å². The SMILES string of the molecule is CCC(CC)C(=O)/C=C(\O)C(CC)CC.[Ir].[c-]1ccccc1Oc1cc2[se]ccc2cn1. The van der Waals surface area contributed by atoms with Gasteiger partial charge in [-0.1, -0.05) is 27.7 Å². The van der Waals surface area contributed by atoms with Crippen LogP contribution in [-0.2, 0) is 24.9 Å². The fourth-order valence-electron chi connectivity index (χ4n) is 3.23. The molecule has 1 N–H and O–H groups in total. The number of aliphatic hydroxyl groups excluding tert-OH is 1. The summed E-state index contributed by atoms with van der Waals surface area (Å²) in [6, 6.07) is 14.7. The standard InChI is InChI=1S/C13H8NOSe.C13H24O2.Ir/c1-2-4-11(5-3-1)15-13-8-12-10(9-14-13)6-7-16-12;1-5-10(6-2)12(14)9-13(15)11(7-3)8-4;/h1-4,6-9H;9-11,14H,5-8H2,1-4H3;/q-1;;/b;12-9-;. The second-order valence-corrected chi connectivity index (χ2v) is 9.30. The Hall–Kier alpha value is -1.71. The minimum absolute atomic E-state index is 0. The van der Waals surface area contributed by atoms with Gasteiger partial charge in [-0.2, -0.15) is 0 Å². The zero-order valence-corrected chi connectivity index (χ0v) is 23.2. The van der Waals surface area contributed by atoms with Gasteiger partial charge in [0.2, 0.25) is 0 Å². The van der Waals surface area contributed by atoms with Crippen molar-refractivity contribution in [3.63, 3.8) is 0 Å². The predicted octanol–water partition coefficient (Wildman–Crippen LogP) is 6.75. The van der Waals surface area contributed by atoms with Crippen LogP contribution >= 0.6 is 0 Å². The van der Waals surface area contributed by atoms with Crippen LogP contribution in [0.5, 0.6) is 11.6 Å². The van der Waals surface area contributed by atoms with Gasteiger partial charge in [0.1, 0.15) is 0 Å². The summed E-state index contributed by atoms with van der Waals surface area (Å²) in [4.78, 5) is 18.2. The number of hydrogen-bond acceptors (Lipinski definition) is 4. The molecule has 2 heterocycles. The number of ketones is 1. The van der Waals surface area contributed by atoms with E-state index in [1.54, 1.807) is 0 Å². The van der Waals surface area contributed by atoms with Crippen LogP contribution in [-0.4, -0.2) is 30.4 Å². The van der Waals surface area contributed by atoms with Crippen LogP contribution in [0.15, 0.2) is 59.4 Å². The quantitative estimate of drug-likeness (QED) is 0.118. The molecular weight excluding hydrogens is 645 g/mol. The Morgan fingerprint density at radius 1 is 1.12 bits per heavy atom. The molecule has 0 aliphatic heterocycles. The monoisotopic (exact) mass is 679 g/mol. The number of ether oxygens (including phenoxy) is 1. The summed E-state index contributed by atoms with van der Waals surface area (Å²) in [6.45, 7) is 8.07. The summed E-state index contributed by atoms with van der Waals surface area (Å²) in [5.41, 5.74) is 0. The summed E-state index contributed by atoms with van der Waals surface area (Å²) >= 11 is 0.427. The first-order chi connectivity index (χ1) is 15.0. The zero-order chi connectivity index (χ0) is 22.6. The van der Waals surface area contributed by atoms with Crippen LogP contribution < -0.4 is 4.74 Å². The van der Waals surface area contributed by atoms with Crippen molar-refractivity contribution in [1.29, 1.82) is 0 Å². The number of fused-ring (bicyclic) bond motifs is 1. The maximum absolute atomic E-state index is 11.7. The number of nitrogens with zero attached hydrogens (tertiary/aromatic N) is 1. The predicted molar refractivity (Wildman–Crippen MR) is 128 cm³/mol. The van der Waals surface area contributed by atoms with Crippen LogP contribution in [0.4, 0.5) is 0 Å². The number of allylic oxidation sites excluding steroid dienone is 2. The molecule has 4 nitrogen and oxygen atoms in total. The summed E-state index contributed by atoms with van der Waals surface area (Å²) in [6.07, 6.45) is 6.77. The molecule has 1 aromatic carbocycles. The van der Waals surface area contributed by atoms with E-state index in [0.717, 1.165) is 25.7 Å². The van der Waals surface area contributed by atoms with Crippen molar-refractivity contribution in [2.45, 2.75) is 53.4 Å². The summed E-state index contributed by atoms with van der Waals surface area (Å²) in [5, 5.41) is 11.0. The van der Waals surface area contributed by atoms with E-state index in [1.807, 2.05) is 64.2 Å². The van der Waals surface area contributed by atoms with Gasteiger partial charge < -0.3 is 5.11 Å². The average molecular weight is 678 g/mol. The molecule has 0 saturated heterocycles. The van der Waals surface area contributed by atoms with Gasteiger partial charge in [0.15, 0.2) is 5.78 Å². The van der Waals surface area contributed by atoms with Crippen molar-refractivity contribution in [2.75, 3.05) is 0 Å². The van der Waals surface area contributed by atoms with Crippen molar-refractivity contribution in [1.82, 2.24) is 4.98 Å². The molecule has 0 aliphatic carbocycles. The Labute approximate surface area is 211 Å². The second-order valence-electron chi connectivity index (χ2n) is 7.31. The van der Waals surface area contributed by atoms with Crippen LogP contribution in [0.1, 0.15) is 53.4 Å². The van der Waals surface area contributed by atoms with Crippen LogP contribution in [0, 0.1) is 17.9 Å². The van der Waals surface area contributed by atoms with Gasteiger partial charge in [0.25, 0.3) is 0 Å². The number of carbonyl (C=O) groups excluding carboxylic acids is 1. The Kier molecular flexibility index (Phi) is 13.4. The normalized spacial score (nSPS) is 11.1. The molecule has 3 rings (SSSR count). The molecule has 0 atom stereocenters. The third-order valence-corrected chi connectivity index (χ3v) is 7.14. The number of carbonyl (C=O) groups is 1. The molecule has 0 bridgehead atoms. The van der Waals surface area contributed by atoms with Gasteiger partial charge in [-0.3, -0.25) is 4.79 Å². The first-order valence-corrected chi connectivity index (χ1v) is 12.8. The number of benzene rings is 1. The van der Waals surface area contributed by atoms with Gasteiger partial charge in [0, 0.05) is 38.0 Å². The molecule has 6 heteroatoms. The summed E-state index contributed by atoms with van der Waals surface area (Å²) in [7, 11) is 0. The molecule has 3 aromatic rings. The topological polar surface area (TPSA) is 59.4 Å². The third kappa shape index (κ3) is 8.67. The van der Waals surface area contributed by atoms with Gasteiger partial charge >= 0.3 is 99.1 Å². The molecule has 1 radical (unpaired) electrons. The Bertz CT molecular complexity index is 963. The molecule has 0 spiro atoms. The number of pyridine rings is 1. The van der Waals surface area contributed by atoms with Crippen molar-refractivity contribution in [3.05, 3.63) is 65.4 Å². The van der Waals surface area contributed by atoms with Crippen LogP contribution in [0.2, 0.25) is 0 Å². The van der Waals surface area contributed by atoms with Gasteiger partial charge in [-0.05, 0) is 25.7 Å². The third-order valence-electron chi connectivity index (χ3n) is 5.29. The summed E-state index contributed by atoms with van der Waals surface area (Å²) < 4.78 is 6.95. The number of para-hydroxylation sites is 1. The van der Waals surface area contributed by atoms with Gasteiger partial charge in [0.05, 0.1) is 5.76 Å². The minimum atomic E-state index is 0. The van der Waals surface area contributed by atoms with Crippen LogP contribution in [0.3, 0.4) is 0 Å². The van der Waals surface area contributed by atoms with E-state index in [0.29, 0.717) is 26.1 Å².